The number of methoxy groups -OCH3 is 1. The van der Waals surface area contributed by atoms with E-state index >= 15 is 0 Å². The maximum atomic E-state index is 13.6. The van der Waals surface area contributed by atoms with E-state index in [1.807, 2.05) is 31.2 Å². The monoisotopic (exact) mass is 401 g/mol. The van der Waals surface area contributed by atoms with Crippen molar-refractivity contribution in [3.63, 3.8) is 0 Å². The third-order valence-electron chi connectivity index (χ3n) is 4.97. The van der Waals surface area contributed by atoms with Gasteiger partial charge in [-0.2, -0.15) is 0 Å². The second-order valence-corrected chi connectivity index (χ2v) is 6.83. The maximum absolute atomic E-state index is 13.6. The highest BCUT2D eigenvalue weighted by molar-refractivity contribution is 6.02. The fourth-order valence-electron chi connectivity index (χ4n) is 3.62. The molecule has 4 aromatic rings. The molecule has 4 rings (SSSR count). The lowest BCUT2D eigenvalue weighted by Crippen LogP contribution is -2.06. The van der Waals surface area contributed by atoms with E-state index in [9.17, 15) is 9.18 Å². The smallest absolute Gasteiger partial charge is 0.330 e. The van der Waals surface area contributed by atoms with Gasteiger partial charge in [0.1, 0.15) is 5.82 Å². The number of hydrogen-bond donors (Lipinski definition) is 0. The van der Waals surface area contributed by atoms with E-state index in [0.717, 1.165) is 33.4 Å². The summed E-state index contributed by atoms with van der Waals surface area (Å²) in [6, 6.07) is 13.9. The van der Waals surface area contributed by atoms with Crippen LogP contribution < -0.4 is 0 Å². The number of esters is 1. The normalized spacial score (nSPS) is 12.4. The third-order valence-corrected chi connectivity index (χ3v) is 4.97. The number of pyridine rings is 2. The Bertz CT molecular complexity index is 1210. The van der Waals surface area contributed by atoms with Crippen LogP contribution in [-0.4, -0.2) is 27.6 Å². The van der Waals surface area contributed by atoms with Gasteiger partial charge in [-0.3, -0.25) is 9.97 Å². The van der Waals surface area contributed by atoms with E-state index < -0.39 is 5.97 Å². The fraction of sp³-hybridized carbons (Fsp3) is 0.125. The summed E-state index contributed by atoms with van der Waals surface area (Å²) in [5.74, 6) is -0.712. The van der Waals surface area contributed by atoms with Gasteiger partial charge in [0.05, 0.1) is 29.9 Å². The first kappa shape index (κ1) is 19.5. The number of rotatable bonds is 5. The first-order valence-electron chi connectivity index (χ1n) is 9.51. The quantitative estimate of drug-likeness (QED) is 0.341. The van der Waals surface area contributed by atoms with Crippen molar-refractivity contribution in [3.8, 4) is 22.4 Å². The molecule has 0 aliphatic heterocycles. The average molecular weight is 401 g/mol. The molecule has 1 atom stereocenters. The molecule has 30 heavy (non-hydrogen) atoms. The minimum Gasteiger partial charge on any atom is -0.466 e. The van der Waals surface area contributed by atoms with Gasteiger partial charge in [0, 0.05) is 35.8 Å². The van der Waals surface area contributed by atoms with Crippen molar-refractivity contribution in [2.24, 2.45) is 0 Å². The highest BCUT2D eigenvalue weighted by Crippen LogP contribution is 2.41. The van der Waals surface area contributed by atoms with Crippen LogP contribution in [0.25, 0.3) is 33.4 Å². The molecule has 0 saturated carbocycles. The second-order valence-electron chi connectivity index (χ2n) is 6.83. The van der Waals surface area contributed by atoms with E-state index in [1.54, 1.807) is 36.8 Å². The molecule has 0 aliphatic rings. The Morgan fingerprint density at radius 2 is 1.80 bits per heavy atom. The number of carbonyl (C=O) groups is 1. The molecule has 6 heteroatoms. The zero-order valence-electron chi connectivity index (χ0n) is 16.6. The van der Waals surface area contributed by atoms with Gasteiger partial charge < -0.3 is 9.30 Å². The van der Waals surface area contributed by atoms with Crippen molar-refractivity contribution in [1.82, 2.24) is 14.5 Å². The predicted molar refractivity (Wildman–Crippen MR) is 114 cm³/mol. The molecule has 0 bridgehead atoms. The summed E-state index contributed by atoms with van der Waals surface area (Å²) in [4.78, 5) is 20.4. The minimum atomic E-state index is -0.416. The van der Waals surface area contributed by atoms with Gasteiger partial charge in [-0.15, -0.1) is 0 Å². The van der Waals surface area contributed by atoms with Crippen LogP contribution in [0.2, 0.25) is 0 Å². The summed E-state index contributed by atoms with van der Waals surface area (Å²) in [7, 11) is 1.35. The molecule has 5 nitrogen and oxygen atoms in total. The summed E-state index contributed by atoms with van der Waals surface area (Å²) < 4.78 is 20.5. The van der Waals surface area contributed by atoms with Crippen molar-refractivity contribution in [3.05, 3.63) is 85.1 Å². The molecule has 3 aromatic heterocycles. The molecule has 150 valence electrons. The van der Waals surface area contributed by atoms with Gasteiger partial charge >= 0.3 is 5.97 Å². The van der Waals surface area contributed by atoms with Crippen LogP contribution in [0.3, 0.4) is 0 Å². The molecular formula is C24H20FN3O2. The molecule has 0 aliphatic carbocycles. The second kappa shape index (κ2) is 8.29. The molecule has 0 radical (unpaired) electrons. The standard InChI is InChI=1S/C24H20FN3O2/c1-16(5-10-21(29)30-2)28-20-4-3-13-27-23(20)22(17-6-8-19(25)9-7-17)24(28)18-11-14-26-15-12-18/h3-16H,1-2H3/b10-5+. The van der Waals surface area contributed by atoms with E-state index in [1.165, 1.54) is 25.3 Å². The molecule has 0 spiro atoms. The van der Waals surface area contributed by atoms with E-state index in [-0.39, 0.29) is 11.9 Å². The minimum absolute atomic E-state index is 0.173. The molecular weight excluding hydrogens is 381 g/mol. The van der Waals surface area contributed by atoms with Gasteiger partial charge in [0.2, 0.25) is 0 Å². The number of nitrogens with zero attached hydrogens (tertiary/aromatic N) is 3. The Labute approximate surface area is 173 Å². The molecule has 1 aromatic carbocycles. The largest absolute Gasteiger partial charge is 0.466 e. The molecule has 0 amide bonds. The Balaban J connectivity index is 2.04. The Kier molecular flexibility index (Phi) is 5.39. The van der Waals surface area contributed by atoms with E-state index in [2.05, 4.69) is 14.5 Å². The molecule has 3 heterocycles. The molecule has 0 fully saturated rings. The van der Waals surface area contributed by atoms with Gasteiger partial charge in [-0.05, 0) is 48.9 Å². The Hall–Kier alpha value is -3.80. The number of carbonyl (C=O) groups excluding carboxylic acids is 1. The number of benzene rings is 1. The van der Waals surface area contributed by atoms with Crippen molar-refractivity contribution in [2.45, 2.75) is 13.0 Å². The number of ether oxygens (including phenoxy) is 1. The molecule has 0 N–H and O–H groups in total. The van der Waals surface area contributed by atoms with Crippen molar-refractivity contribution in [1.29, 1.82) is 0 Å². The summed E-state index contributed by atoms with van der Waals surface area (Å²) >= 11 is 0. The van der Waals surface area contributed by atoms with Gasteiger partial charge in [0.15, 0.2) is 0 Å². The first-order chi connectivity index (χ1) is 14.6. The number of fused-ring (bicyclic) bond motifs is 1. The summed E-state index contributed by atoms with van der Waals surface area (Å²) in [6.45, 7) is 1.99. The highest BCUT2D eigenvalue weighted by atomic mass is 19.1. The van der Waals surface area contributed by atoms with Crippen LogP contribution in [0.4, 0.5) is 4.39 Å². The van der Waals surface area contributed by atoms with Crippen molar-refractivity contribution < 1.29 is 13.9 Å². The van der Waals surface area contributed by atoms with Crippen LogP contribution in [0.5, 0.6) is 0 Å². The summed E-state index contributed by atoms with van der Waals surface area (Å²) in [5, 5.41) is 0. The number of allylic oxidation sites excluding steroid dienone is 1. The zero-order chi connectivity index (χ0) is 21.1. The predicted octanol–water partition coefficient (Wildman–Crippen LogP) is 5.19. The highest BCUT2D eigenvalue weighted by Gasteiger charge is 2.23. The zero-order valence-corrected chi connectivity index (χ0v) is 16.6. The van der Waals surface area contributed by atoms with Crippen molar-refractivity contribution in [2.75, 3.05) is 7.11 Å². The van der Waals surface area contributed by atoms with Crippen LogP contribution in [0.1, 0.15) is 13.0 Å². The molecule has 1 unspecified atom stereocenters. The van der Waals surface area contributed by atoms with Gasteiger partial charge in [-0.25, -0.2) is 9.18 Å². The maximum Gasteiger partial charge on any atom is 0.330 e. The Morgan fingerprint density at radius 3 is 2.50 bits per heavy atom. The van der Waals surface area contributed by atoms with Crippen LogP contribution >= 0.6 is 0 Å². The van der Waals surface area contributed by atoms with Crippen molar-refractivity contribution >= 4 is 17.0 Å². The SMILES string of the molecule is COC(=O)/C=C/C(C)n1c(-c2ccncc2)c(-c2ccc(F)cc2)c2ncccc21. The number of halogens is 1. The first-order valence-corrected chi connectivity index (χ1v) is 9.51. The topological polar surface area (TPSA) is 57.0 Å². The van der Waals surface area contributed by atoms with Crippen LogP contribution in [0.15, 0.2) is 79.3 Å². The number of aromatic nitrogens is 3. The van der Waals surface area contributed by atoms with E-state index in [0.29, 0.717) is 0 Å². The average Bonchev–Trinajstić information content (AvgIpc) is 3.13. The number of hydrogen-bond acceptors (Lipinski definition) is 4. The molecule has 0 saturated heterocycles. The third kappa shape index (κ3) is 3.59. The lowest BCUT2D eigenvalue weighted by molar-refractivity contribution is -0.134. The Morgan fingerprint density at radius 1 is 1.07 bits per heavy atom. The summed E-state index contributed by atoms with van der Waals surface area (Å²) in [5.41, 5.74) is 5.32. The van der Waals surface area contributed by atoms with E-state index in [4.69, 9.17) is 4.74 Å². The lowest BCUT2D eigenvalue weighted by atomic mass is 10.0. The summed E-state index contributed by atoms with van der Waals surface area (Å²) in [6.07, 6.45) is 8.41. The fourth-order valence-corrected chi connectivity index (χ4v) is 3.62. The van der Waals surface area contributed by atoms with Gasteiger partial charge in [0.25, 0.3) is 0 Å². The van der Waals surface area contributed by atoms with Crippen LogP contribution in [0, 0.1) is 5.82 Å². The van der Waals surface area contributed by atoms with Crippen LogP contribution in [-0.2, 0) is 9.53 Å². The van der Waals surface area contributed by atoms with Gasteiger partial charge in [-0.1, -0.05) is 18.2 Å². The lowest BCUT2D eigenvalue weighted by Gasteiger charge is -2.17.